The summed E-state index contributed by atoms with van der Waals surface area (Å²) in [5.41, 5.74) is 0.0662. The van der Waals surface area contributed by atoms with E-state index in [-0.39, 0.29) is 35.9 Å². The molecule has 6 nitrogen and oxygen atoms in total. The lowest BCUT2D eigenvalue weighted by atomic mass is 10.0. The minimum Gasteiger partial charge on any atom is -0.352 e. The third-order valence-corrected chi connectivity index (χ3v) is 4.45. The van der Waals surface area contributed by atoms with Crippen LogP contribution in [0.1, 0.15) is 30.1 Å². The number of nitrogens with zero attached hydrogens (tertiary/aromatic N) is 2. The second-order valence-electron chi connectivity index (χ2n) is 6.17. The van der Waals surface area contributed by atoms with Gasteiger partial charge in [-0.1, -0.05) is 18.7 Å². The number of halogens is 1. The molecule has 0 bridgehead atoms. The molecule has 26 heavy (non-hydrogen) atoms. The van der Waals surface area contributed by atoms with Crippen LogP contribution in [0.4, 0.5) is 4.39 Å². The van der Waals surface area contributed by atoms with Gasteiger partial charge in [-0.15, -0.1) is 0 Å². The van der Waals surface area contributed by atoms with Crippen molar-refractivity contribution in [2.45, 2.75) is 25.8 Å². The monoisotopic (exact) mass is 361 g/mol. The molecule has 0 saturated carbocycles. The third-order valence-electron chi connectivity index (χ3n) is 4.45. The smallest absolute Gasteiger partial charge is 0.256 e. The lowest BCUT2D eigenvalue weighted by Gasteiger charge is -2.33. The number of nitrogens with one attached hydrogen (secondary N) is 1. The predicted molar refractivity (Wildman–Crippen MR) is 95.9 cm³/mol. The van der Waals surface area contributed by atoms with Crippen LogP contribution in [-0.4, -0.2) is 59.7 Å². The maximum atomic E-state index is 13.7. The Bertz CT molecular complexity index is 684. The summed E-state index contributed by atoms with van der Waals surface area (Å²) in [5.74, 6) is -1.38. The average Bonchev–Trinajstić information content (AvgIpc) is 2.66. The summed E-state index contributed by atoms with van der Waals surface area (Å²) >= 11 is 0. The lowest BCUT2D eigenvalue weighted by molar-refractivity contribution is -0.132. The molecule has 0 aliphatic carbocycles. The fraction of sp³-hybridized carbons (Fsp3) is 0.421. The Morgan fingerprint density at radius 1 is 1.31 bits per heavy atom. The highest BCUT2D eigenvalue weighted by atomic mass is 19.1. The Kier molecular flexibility index (Phi) is 6.89. The zero-order valence-electron chi connectivity index (χ0n) is 14.9. The van der Waals surface area contributed by atoms with E-state index in [1.165, 1.54) is 23.1 Å². The van der Waals surface area contributed by atoms with E-state index in [0.717, 1.165) is 0 Å². The van der Waals surface area contributed by atoms with E-state index in [1.54, 1.807) is 24.0 Å². The van der Waals surface area contributed by atoms with E-state index in [9.17, 15) is 18.8 Å². The maximum Gasteiger partial charge on any atom is 0.256 e. The first-order valence-electron chi connectivity index (χ1n) is 8.70. The normalized spacial score (nSPS) is 14.6. The molecule has 140 valence electrons. The van der Waals surface area contributed by atoms with E-state index in [4.69, 9.17) is 0 Å². The van der Waals surface area contributed by atoms with Gasteiger partial charge in [0.15, 0.2) is 0 Å². The van der Waals surface area contributed by atoms with Gasteiger partial charge in [0, 0.05) is 25.7 Å². The van der Waals surface area contributed by atoms with Crippen molar-refractivity contribution in [3.63, 3.8) is 0 Å². The fourth-order valence-electron chi connectivity index (χ4n) is 2.95. The zero-order valence-corrected chi connectivity index (χ0v) is 14.9. The van der Waals surface area contributed by atoms with Crippen LogP contribution in [0.2, 0.25) is 0 Å². The highest BCUT2D eigenvalue weighted by Gasteiger charge is 2.26. The van der Waals surface area contributed by atoms with Gasteiger partial charge in [-0.05, 0) is 38.0 Å². The van der Waals surface area contributed by atoms with E-state index in [2.05, 4.69) is 11.9 Å². The first-order chi connectivity index (χ1) is 12.5. The lowest BCUT2D eigenvalue weighted by Crippen LogP contribution is -2.49. The van der Waals surface area contributed by atoms with Crippen LogP contribution in [0.15, 0.2) is 36.9 Å². The summed E-state index contributed by atoms with van der Waals surface area (Å²) in [6, 6.07) is 5.86. The topological polar surface area (TPSA) is 69.7 Å². The molecule has 1 aliphatic rings. The van der Waals surface area contributed by atoms with Crippen molar-refractivity contribution in [1.29, 1.82) is 0 Å². The van der Waals surface area contributed by atoms with Crippen LogP contribution < -0.4 is 5.32 Å². The quantitative estimate of drug-likeness (QED) is 0.782. The number of hydrogen-bond acceptors (Lipinski definition) is 3. The van der Waals surface area contributed by atoms with Crippen LogP contribution in [0.3, 0.4) is 0 Å². The molecule has 1 N–H and O–H groups in total. The number of hydrogen-bond donors (Lipinski definition) is 1. The molecule has 1 fully saturated rings. The number of benzene rings is 1. The number of piperidine rings is 1. The summed E-state index contributed by atoms with van der Waals surface area (Å²) in [6.07, 6.45) is 2.37. The van der Waals surface area contributed by atoms with Crippen LogP contribution in [0.25, 0.3) is 0 Å². The molecular weight excluding hydrogens is 337 g/mol. The number of likely N-dealkylation sites (N-methyl/N-ethyl adjacent to an activating group) is 1. The Balaban J connectivity index is 1.84. The van der Waals surface area contributed by atoms with Gasteiger partial charge in [-0.25, -0.2) is 4.39 Å². The minimum atomic E-state index is -0.528. The first-order valence-corrected chi connectivity index (χ1v) is 8.70. The number of amides is 3. The molecule has 1 aromatic rings. The van der Waals surface area contributed by atoms with Gasteiger partial charge >= 0.3 is 0 Å². The van der Waals surface area contributed by atoms with E-state index in [1.807, 2.05) is 0 Å². The second-order valence-corrected chi connectivity index (χ2v) is 6.17. The number of carbonyl (C=O) groups is 3. The Hall–Kier alpha value is -2.70. The molecular formula is C19H24FN3O3. The molecule has 0 atom stereocenters. The fourth-order valence-corrected chi connectivity index (χ4v) is 2.95. The van der Waals surface area contributed by atoms with Crippen molar-refractivity contribution in [2.24, 2.45) is 0 Å². The van der Waals surface area contributed by atoms with Gasteiger partial charge in [0.1, 0.15) is 5.82 Å². The van der Waals surface area contributed by atoms with E-state index >= 15 is 0 Å². The van der Waals surface area contributed by atoms with Gasteiger partial charge in [0.25, 0.3) is 5.91 Å². The van der Waals surface area contributed by atoms with Gasteiger partial charge < -0.3 is 15.1 Å². The molecule has 0 spiro atoms. The Morgan fingerprint density at radius 2 is 1.96 bits per heavy atom. The zero-order chi connectivity index (χ0) is 19.1. The molecule has 1 aromatic carbocycles. The minimum absolute atomic E-state index is 0.0181. The predicted octanol–water partition coefficient (Wildman–Crippen LogP) is 1.58. The summed E-state index contributed by atoms with van der Waals surface area (Å²) < 4.78 is 13.7. The molecule has 1 heterocycles. The van der Waals surface area contributed by atoms with Gasteiger partial charge in [-0.2, -0.15) is 0 Å². The Morgan fingerprint density at radius 3 is 2.54 bits per heavy atom. The van der Waals surface area contributed by atoms with Crippen LogP contribution in [0.5, 0.6) is 0 Å². The molecule has 1 aliphatic heterocycles. The van der Waals surface area contributed by atoms with Crippen molar-refractivity contribution >= 4 is 17.7 Å². The average molecular weight is 361 g/mol. The maximum absolute atomic E-state index is 13.7. The van der Waals surface area contributed by atoms with E-state index in [0.29, 0.717) is 32.5 Å². The summed E-state index contributed by atoms with van der Waals surface area (Å²) in [6.45, 7) is 6.51. The van der Waals surface area contributed by atoms with Crippen LogP contribution >= 0.6 is 0 Å². The third kappa shape index (κ3) is 4.91. The van der Waals surface area contributed by atoms with Crippen molar-refractivity contribution < 1.29 is 18.8 Å². The van der Waals surface area contributed by atoms with Gasteiger partial charge in [0.2, 0.25) is 11.8 Å². The van der Waals surface area contributed by atoms with Gasteiger partial charge in [-0.3, -0.25) is 14.4 Å². The summed E-state index contributed by atoms with van der Waals surface area (Å²) in [5, 5.41) is 2.89. The van der Waals surface area contributed by atoms with Crippen LogP contribution in [-0.2, 0) is 9.59 Å². The molecule has 2 rings (SSSR count). The standard InChI is InChI=1S/C19H24FN3O3/c1-3-18(25)22(4-2)13-17(24)21-14-9-11-23(12-10-14)19(26)15-7-5-6-8-16(15)20/h3,5-8,14H,1,4,9-13H2,2H3,(H,21,24). The molecule has 0 unspecified atom stereocenters. The molecule has 0 aromatic heterocycles. The van der Waals surface area contributed by atoms with Crippen molar-refractivity contribution in [3.05, 3.63) is 48.3 Å². The SMILES string of the molecule is C=CC(=O)N(CC)CC(=O)NC1CCN(C(=O)c2ccccc2F)CC1. The van der Waals surface area contributed by atoms with Crippen molar-refractivity contribution in [1.82, 2.24) is 15.1 Å². The highest BCUT2D eigenvalue weighted by Crippen LogP contribution is 2.16. The first kappa shape index (κ1) is 19.6. The molecule has 3 amide bonds. The van der Waals surface area contributed by atoms with Crippen molar-refractivity contribution in [3.8, 4) is 0 Å². The number of likely N-dealkylation sites (tertiary alicyclic amines) is 1. The molecule has 0 radical (unpaired) electrons. The number of carbonyl (C=O) groups excluding carboxylic acids is 3. The number of rotatable bonds is 6. The largest absolute Gasteiger partial charge is 0.352 e. The molecule has 1 saturated heterocycles. The highest BCUT2D eigenvalue weighted by molar-refractivity contribution is 5.94. The van der Waals surface area contributed by atoms with E-state index < -0.39 is 5.82 Å². The summed E-state index contributed by atoms with van der Waals surface area (Å²) in [7, 11) is 0. The Labute approximate surface area is 152 Å². The van der Waals surface area contributed by atoms with Crippen LogP contribution in [0, 0.1) is 5.82 Å². The second kappa shape index (κ2) is 9.12. The summed E-state index contributed by atoms with van der Waals surface area (Å²) in [4.78, 5) is 39.1. The van der Waals surface area contributed by atoms with Crippen molar-refractivity contribution in [2.75, 3.05) is 26.2 Å². The van der Waals surface area contributed by atoms with Gasteiger partial charge in [0.05, 0.1) is 12.1 Å². The molecule has 7 heteroatoms.